The lowest BCUT2D eigenvalue weighted by atomic mass is 10.0. The molecule has 1 aliphatic rings. The molecule has 0 saturated carbocycles. The molecule has 0 fully saturated rings. The minimum Gasteiger partial charge on any atom is -0.0984 e. The molecule has 1 unspecified atom stereocenters. The molecule has 16 heavy (non-hydrogen) atoms. The monoisotopic (exact) mass is 212 g/mol. The Labute approximate surface area is 99.1 Å². The van der Waals surface area contributed by atoms with Crippen molar-refractivity contribution in [3.8, 4) is 0 Å². The highest BCUT2D eigenvalue weighted by molar-refractivity contribution is 5.50. The first-order chi connectivity index (χ1) is 7.67. The van der Waals surface area contributed by atoms with Crippen LogP contribution in [0.15, 0.2) is 71.9 Å². The highest BCUT2D eigenvalue weighted by Crippen LogP contribution is 2.21. The fourth-order valence-electron chi connectivity index (χ4n) is 1.75. The van der Waals surface area contributed by atoms with Gasteiger partial charge in [-0.05, 0) is 30.9 Å². The first-order valence-corrected chi connectivity index (χ1v) is 5.71. The molecule has 0 aromatic rings. The molecule has 1 rings (SSSR count). The van der Waals surface area contributed by atoms with E-state index in [0.29, 0.717) is 5.92 Å². The smallest absolute Gasteiger partial charge is 0.00670 e. The van der Waals surface area contributed by atoms with Crippen molar-refractivity contribution in [1.82, 2.24) is 0 Å². The summed E-state index contributed by atoms with van der Waals surface area (Å²) in [5, 5.41) is 0. The van der Waals surface area contributed by atoms with Crippen LogP contribution < -0.4 is 0 Å². The molecular weight excluding hydrogens is 192 g/mol. The standard InChI is InChI=1S/C16H20/c1-5-7-8-15(6-2)16-10-9-13(3)11-14(4)12-16/h5-12,14H,2H2,1,3-4H3/b7-5-,15-8+. The van der Waals surface area contributed by atoms with Gasteiger partial charge >= 0.3 is 0 Å². The summed E-state index contributed by atoms with van der Waals surface area (Å²) in [7, 11) is 0. The van der Waals surface area contributed by atoms with Crippen molar-refractivity contribution in [2.24, 2.45) is 5.92 Å². The normalized spacial score (nSPS) is 21.7. The largest absolute Gasteiger partial charge is 0.0984 e. The van der Waals surface area contributed by atoms with Crippen LogP contribution in [-0.2, 0) is 0 Å². The molecule has 0 aromatic carbocycles. The zero-order valence-electron chi connectivity index (χ0n) is 10.4. The third kappa shape index (κ3) is 3.54. The van der Waals surface area contributed by atoms with Crippen LogP contribution in [0.4, 0.5) is 0 Å². The zero-order chi connectivity index (χ0) is 12.0. The van der Waals surface area contributed by atoms with Crippen molar-refractivity contribution in [3.63, 3.8) is 0 Å². The Morgan fingerprint density at radius 1 is 1.31 bits per heavy atom. The SMILES string of the molecule is C=C/C(=C\C=C/C)C1=CC(C)C=C(C)C=C1. The Morgan fingerprint density at radius 3 is 2.69 bits per heavy atom. The van der Waals surface area contributed by atoms with Crippen LogP contribution in [0, 0.1) is 5.92 Å². The summed E-state index contributed by atoms with van der Waals surface area (Å²) in [5.41, 5.74) is 3.73. The molecule has 0 bridgehead atoms. The number of allylic oxidation sites excluding steroid dienone is 11. The van der Waals surface area contributed by atoms with Gasteiger partial charge in [0.05, 0.1) is 0 Å². The van der Waals surface area contributed by atoms with Crippen LogP contribution in [-0.4, -0.2) is 0 Å². The lowest BCUT2D eigenvalue weighted by molar-refractivity contribution is 0.927. The van der Waals surface area contributed by atoms with Gasteiger partial charge in [-0.15, -0.1) is 0 Å². The summed E-state index contributed by atoms with van der Waals surface area (Å²) in [5.74, 6) is 0.471. The molecule has 0 saturated heterocycles. The average molecular weight is 212 g/mol. The second-order valence-electron chi connectivity index (χ2n) is 4.08. The highest BCUT2D eigenvalue weighted by atomic mass is 14.1. The lowest BCUT2D eigenvalue weighted by Crippen LogP contribution is -1.87. The zero-order valence-corrected chi connectivity index (χ0v) is 10.4. The van der Waals surface area contributed by atoms with Gasteiger partial charge in [-0.1, -0.05) is 67.7 Å². The molecule has 0 N–H and O–H groups in total. The molecule has 1 aliphatic carbocycles. The van der Waals surface area contributed by atoms with Crippen molar-refractivity contribution in [2.45, 2.75) is 20.8 Å². The van der Waals surface area contributed by atoms with Gasteiger partial charge in [0.2, 0.25) is 0 Å². The third-order valence-corrected chi connectivity index (χ3v) is 2.52. The summed E-state index contributed by atoms with van der Waals surface area (Å²) >= 11 is 0. The Bertz CT molecular complexity index is 398. The first-order valence-electron chi connectivity index (χ1n) is 5.71. The molecule has 0 heteroatoms. The molecule has 0 amide bonds. The van der Waals surface area contributed by atoms with E-state index < -0.39 is 0 Å². The number of hydrogen-bond acceptors (Lipinski definition) is 0. The topological polar surface area (TPSA) is 0 Å². The molecule has 0 nitrogen and oxygen atoms in total. The van der Waals surface area contributed by atoms with Gasteiger partial charge in [0.15, 0.2) is 0 Å². The van der Waals surface area contributed by atoms with E-state index in [9.17, 15) is 0 Å². The van der Waals surface area contributed by atoms with Crippen LogP contribution in [0.3, 0.4) is 0 Å². The van der Waals surface area contributed by atoms with E-state index in [1.165, 1.54) is 16.7 Å². The summed E-state index contributed by atoms with van der Waals surface area (Å²) in [4.78, 5) is 0. The van der Waals surface area contributed by atoms with Gasteiger partial charge in [-0.2, -0.15) is 0 Å². The quantitative estimate of drug-likeness (QED) is 0.592. The van der Waals surface area contributed by atoms with Crippen molar-refractivity contribution in [3.05, 3.63) is 71.9 Å². The Balaban J connectivity index is 3.04. The van der Waals surface area contributed by atoms with E-state index in [4.69, 9.17) is 0 Å². The first kappa shape index (κ1) is 12.5. The minimum absolute atomic E-state index is 0.471. The summed E-state index contributed by atoms with van der Waals surface area (Å²) in [6.45, 7) is 10.2. The van der Waals surface area contributed by atoms with Crippen LogP contribution in [0.5, 0.6) is 0 Å². The van der Waals surface area contributed by atoms with Crippen LogP contribution >= 0.6 is 0 Å². The molecule has 0 spiro atoms. The molecule has 0 aromatic heterocycles. The van der Waals surface area contributed by atoms with Gasteiger partial charge in [0, 0.05) is 0 Å². The van der Waals surface area contributed by atoms with Gasteiger partial charge in [0.25, 0.3) is 0 Å². The summed E-state index contributed by atoms with van der Waals surface area (Å²) < 4.78 is 0. The van der Waals surface area contributed by atoms with Crippen molar-refractivity contribution in [1.29, 1.82) is 0 Å². The minimum atomic E-state index is 0.471. The molecule has 0 heterocycles. The summed E-state index contributed by atoms with van der Waals surface area (Å²) in [6, 6.07) is 0. The van der Waals surface area contributed by atoms with E-state index in [-0.39, 0.29) is 0 Å². The van der Waals surface area contributed by atoms with Crippen LogP contribution in [0.2, 0.25) is 0 Å². The second kappa shape index (κ2) is 6.12. The molecule has 0 aliphatic heterocycles. The Hall–Kier alpha value is -1.56. The maximum atomic E-state index is 3.87. The van der Waals surface area contributed by atoms with Gasteiger partial charge in [-0.3, -0.25) is 0 Å². The predicted octanol–water partition coefficient (Wildman–Crippen LogP) is 4.75. The summed E-state index contributed by atoms with van der Waals surface area (Å²) in [6.07, 6.45) is 16.9. The van der Waals surface area contributed by atoms with E-state index in [0.717, 1.165) is 0 Å². The molecular formula is C16H20. The van der Waals surface area contributed by atoms with Crippen LogP contribution in [0.25, 0.3) is 0 Å². The van der Waals surface area contributed by atoms with Gasteiger partial charge < -0.3 is 0 Å². The fourth-order valence-corrected chi connectivity index (χ4v) is 1.75. The van der Waals surface area contributed by atoms with Gasteiger partial charge in [0.1, 0.15) is 0 Å². The molecule has 0 radical (unpaired) electrons. The maximum absolute atomic E-state index is 3.87. The van der Waals surface area contributed by atoms with E-state index in [1.807, 2.05) is 25.2 Å². The average Bonchev–Trinajstić information content (AvgIpc) is 2.41. The van der Waals surface area contributed by atoms with Crippen molar-refractivity contribution in [2.75, 3.05) is 0 Å². The predicted molar refractivity (Wildman–Crippen MR) is 73.2 cm³/mol. The Kier molecular flexibility index (Phi) is 4.78. The van der Waals surface area contributed by atoms with E-state index >= 15 is 0 Å². The molecule has 1 atom stereocenters. The lowest BCUT2D eigenvalue weighted by Gasteiger charge is -2.04. The fraction of sp³-hybridized carbons (Fsp3) is 0.250. The van der Waals surface area contributed by atoms with Crippen LogP contribution in [0.1, 0.15) is 20.8 Å². The third-order valence-electron chi connectivity index (χ3n) is 2.52. The molecule has 84 valence electrons. The van der Waals surface area contributed by atoms with Crippen molar-refractivity contribution < 1.29 is 0 Å². The van der Waals surface area contributed by atoms with E-state index in [2.05, 4.69) is 50.8 Å². The second-order valence-corrected chi connectivity index (χ2v) is 4.08. The highest BCUT2D eigenvalue weighted by Gasteiger charge is 2.03. The Morgan fingerprint density at radius 2 is 2.06 bits per heavy atom. The number of hydrogen-bond donors (Lipinski definition) is 0. The van der Waals surface area contributed by atoms with Crippen molar-refractivity contribution >= 4 is 0 Å². The maximum Gasteiger partial charge on any atom is -0.00670 e. The number of rotatable bonds is 3. The van der Waals surface area contributed by atoms with Gasteiger partial charge in [-0.25, -0.2) is 0 Å². The van der Waals surface area contributed by atoms with E-state index in [1.54, 1.807) is 0 Å².